The van der Waals surface area contributed by atoms with E-state index in [1.807, 2.05) is 6.92 Å². The molecule has 1 aliphatic heterocycles. The maximum absolute atomic E-state index is 11.8. The molecule has 5 heteroatoms. The first-order valence-corrected chi connectivity index (χ1v) is 6.74. The highest BCUT2D eigenvalue weighted by atomic mass is 16.6. The minimum absolute atomic E-state index is 0.208. The number of fused-ring (bicyclic) bond motifs is 1. The molecule has 1 aliphatic rings. The lowest BCUT2D eigenvalue weighted by Gasteiger charge is -2.11. The van der Waals surface area contributed by atoms with Gasteiger partial charge in [-0.3, -0.25) is 9.59 Å². The summed E-state index contributed by atoms with van der Waals surface area (Å²) in [5.74, 6) is 0.0570. The number of hydrogen-bond acceptors (Lipinski definition) is 4. The van der Waals surface area contributed by atoms with Gasteiger partial charge in [-0.2, -0.15) is 4.99 Å². The van der Waals surface area contributed by atoms with Crippen LogP contribution in [0.5, 0.6) is 11.5 Å². The van der Waals surface area contributed by atoms with Crippen molar-refractivity contribution in [3.63, 3.8) is 0 Å². The van der Waals surface area contributed by atoms with Gasteiger partial charge in [0.05, 0.1) is 11.1 Å². The van der Waals surface area contributed by atoms with Gasteiger partial charge in [0.2, 0.25) is 5.90 Å². The Kier molecular flexibility index (Phi) is 3.47. The van der Waals surface area contributed by atoms with Crippen LogP contribution in [0.2, 0.25) is 0 Å². The van der Waals surface area contributed by atoms with Gasteiger partial charge < -0.3 is 9.47 Å². The first-order valence-electron chi connectivity index (χ1n) is 6.74. The van der Waals surface area contributed by atoms with Gasteiger partial charge in [-0.15, -0.1) is 0 Å². The summed E-state index contributed by atoms with van der Waals surface area (Å²) in [6.45, 7) is 3.20. The fraction of sp³-hybridized carbons (Fsp3) is 0.118. The van der Waals surface area contributed by atoms with Crippen LogP contribution in [0, 0.1) is 6.92 Å². The lowest BCUT2D eigenvalue weighted by molar-refractivity contribution is -0.131. The second-order valence-electron chi connectivity index (χ2n) is 4.91. The average Bonchev–Trinajstić information content (AvgIpc) is 2.79. The molecule has 3 rings (SSSR count). The molecule has 0 unspecified atom stereocenters. The number of hydrogen-bond donors (Lipinski definition) is 0. The largest absolute Gasteiger partial charge is 0.434 e. The molecule has 22 heavy (non-hydrogen) atoms. The highest BCUT2D eigenvalue weighted by Gasteiger charge is 2.25. The van der Waals surface area contributed by atoms with E-state index >= 15 is 0 Å². The van der Waals surface area contributed by atoms with Crippen LogP contribution in [-0.4, -0.2) is 17.8 Å². The van der Waals surface area contributed by atoms with Crippen molar-refractivity contribution in [1.29, 1.82) is 0 Å². The number of aliphatic imine (C=N–C) groups is 1. The van der Waals surface area contributed by atoms with Crippen molar-refractivity contribution < 1.29 is 19.1 Å². The number of carbonyl (C=O) groups is 2. The molecule has 1 heterocycles. The van der Waals surface area contributed by atoms with Gasteiger partial charge >= 0.3 is 5.97 Å². The molecule has 0 N–H and O–H groups in total. The highest BCUT2D eigenvalue weighted by Crippen LogP contribution is 2.31. The Bertz CT molecular complexity index is 808. The smallest absolute Gasteiger partial charge is 0.308 e. The van der Waals surface area contributed by atoms with Gasteiger partial charge in [-0.1, -0.05) is 18.2 Å². The molecule has 1 amide bonds. The van der Waals surface area contributed by atoms with Gasteiger partial charge in [-0.25, -0.2) is 0 Å². The number of nitrogens with zero attached hydrogens (tertiary/aromatic N) is 1. The van der Waals surface area contributed by atoms with Crippen LogP contribution in [0.1, 0.15) is 28.4 Å². The molecule has 0 saturated heterocycles. The van der Waals surface area contributed by atoms with Gasteiger partial charge in [0.25, 0.3) is 5.91 Å². The number of rotatable bonds is 2. The summed E-state index contributed by atoms with van der Waals surface area (Å²) < 4.78 is 10.9. The van der Waals surface area contributed by atoms with Gasteiger partial charge in [0.15, 0.2) is 11.5 Å². The van der Waals surface area contributed by atoms with E-state index in [0.717, 1.165) is 5.56 Å². The fourth-order valence-electron chi connectivity index (χ4n) is 2.18. The molecule has 0 bridgehead atoms. The number of esters is 1. The second-order valence-corrected chi connectivity index (χ2v) is 4.91. The van der Waals surface area contributed by atoms with Crippen LogP contribution < -0.4 is 9.47 Å². The van der Waals surface area contributed by atoms with Gasteiger partial charge in [0, 0.05) is 6.92 Å². The molecule has 0 atom stereocenters. The third-order valence-electron chi connectivity index (χ3n) is 3.15. The van der Waals surface area contributed by atoms with Crippen LogP contribution in [0.3, 0.4) is 0 Å². The zero-order valence-corrected chi connectivity index (χ0v) is 12.1. The summed E-state index contributed by atoms with van der Waals surface area (Å²) in [4.78, 5) is 26.9. The van der Waals surface area contributed by atoms with E-state index < -0.39 is 5.97 Å². The number of aryl methyl sites for hydroxylation is 1. The van der Waals surface area contributed by atoms with E-state index in [4.69, 9.17) is 9.47 Å². The molecule has 0 fully saturated rings. The van der Waals surface area contributed by atoms with E-state index in [1.54, 1.807) is 42.5 Å². The Morgan fingerprint density at radius 1 is 1.05 bits per heavy atom. The standard InChI is InChI=1S/C17H13NO4/c1-10-7-8-14(21-11(2)19)15(9-10)22-17-13-6-4-3-5-12(13)16(20)18-17/h3-9H,1-2H3. The quantitative estimate of drug-likeness (QED) is 0.631. The summed E-state index contributed by atoms with van der Waals surface area (Å²) in [6, 6.07) is 12.2. The third-order valence-corrected chi connectivity index (χ3v) is 3.15. The van der Waals surface area contributed by atoms with Crippen LogP contribution >= 0.6 is 0 Å². The van der Waals surface area contributed by atoms with E-state index in [2.05, 4.69) is 4.99 Å². The maximum atomic E-state index is 11.8. The maximum Gasteiger partial charge on any atom is 0.308 e. The normalized spacial score (nSPS) is 12.6. The summed E-state index contributed by atoms with van der Waals surface area (Å²) in [5.41, 5.74) is 2.06. The monoisotopic (exact) mass is 295 g/mol. The van der Waals surface area contributed by atoms with Crippen molar-refractivity contribution in [3.8, 4) is 11.5 Å². The van der Waals surface area contributed by atoms with Crippen molar-refractivity contribution in [2.24, 2.45) is 4.99 Å². The van der Waals surface area contributed by atoms with E-state index in [-0.39, 0.29) is 17.6 Å². The number of ether oxygens (including phenoxy) is 2. The molecule has 0 saturated carbocycles. The number of carbonyl (C=O) groups excluding carboxylic acids is 2. The van der Waals surface area contributed by atoms with Gasteiger partial charge in [0.1, 0.15) is 0 Å². The molecule has 5 nitrogen and oxygen atoms in total. The molecular weight excluding hydrogens is 282 g/mol. The SMILES string of the molecule is CC(=O)Oc1ccc(C)cc1OC1=NC(=O)c2ccccc21. The second kappa shape index (κ2) is 5.44. The molecule has 0 radical (unpaired) electrons. The average molecular weight is 295 g/mol. The lowest BCUT2D eigenvalue weighted by Crippen LogP contribution is -2.10. The van der Waals surface area contributed by atoms with Gasteiger partial charge in [-0.05, 0) is 36.8 Å². The van der Waals surface area contributed by atoms with Crippen LogP contribution in [0.25, 0.3) is 0 Å². The number of benzene rings is 2. The molecule has 0 spiro atoms. The highest BCUT2D eigenvalue weighted by molar-refractivity contribution is 6.19. The van der Waals surface area contributed by atoms with Crippen LogP contribution in [0.4, 0.5) is 0 Å². The van der Waals surface area contributed by atoms with Crippen molar-refractivity contribution in [1.82, 2.24) is 0 Å². The first-order chi connectivity index (χ1) is 10.5. The zero-order chi connectivity index (χ0) is 15.7. The minimum Gasteiger partial charge on any atom is -0.434 e. The van der Waals surface area contributed by atoms with Crippen molar-refractivity contribution in [2.45, 2.75) is 13.8 Å². The van der Waals surface area contributed by atoms with Crippen molar-refractivity contribution in [3.05, 3.63) is 59.2 Å². The topological polar surface area (TPSA) is 65.0 Å². The fourth-order valence-corrected chi connectivity index (χ4v) is 2.18. The molecule has 2 aromatic carbocycles. The summed E-state index contributed by atoms with van der Waals surface area (Å²) >= 11 is 0. The minimum atomic E-state index is -0.446. The third kappa shape index (κ3) is 2.61. The number of amides is 1. The van der Waals surface area contributed by atoms with E-state index in [1.165, 1.54) is 6.92 Å². The van der Waals surface area contributed by atoms with Crippen LogP contribution in [0.15, 0.2) is 47.5 Å². The molecule has 0 aliphatic carbocycles. The Balaban J connectivity index is 1.97. The van der Waals surface area contributed by atoms with Crippen LogP contribution in [-0.2, 0) is 4.79 Å². The first kappa shape index (κ1) is 14.0. The molecule has 2 aromatic rings. The Morgan fingerprint density at radius 3 is 2.50 bits per heavy atom. The Hall–Kier alpha value is -2.95. The lowest BCUT2D eigenvalue weighted by atomic mass is 10.1. The van der Waals surface area contributed by atoms with Crippen molar-refractivity contribution in [2.75, 3.05) is 0 Å². The predicted molar refractivity (Wildman–Crippen MR) is 80.4 cm³/mol. The zero-order valence-electron chi connectivity index (χ0n) is 12.1. The predicted octanol–water partition coefficient (Wildman–Crippen LogP) is 2.90. The van der Waals surface area contributed by atoms with Crippen molar-refractivity contribution >= 4 is 17.8 Å². The molecular formula is C17H13NO4. The Morgan fingerprint density at radius 2 is 1.77 bits per heavy atom. The van der Waals surface area contributed by atoms with E-state index in [9.17, 15) is 9.59 Å². The summed E-state index contributed by atoms with van der Waals surface area (Å²) in [7, 11) is 0. The summed E-state index contributed by atoms with van der Waals surface area (Å²) in [5, 5.41) is 0. The molecule has 110 valence electrons. The molecule has 0 aromatic heterocycles. The van der Waals surface area contributed by atoms with E-state index in [0.29, 0.717) is 16.9 Å². The summed E-state index contributed by atoms with van der Waals surface area (Å²) in [6.07, 6.45) is 0. The Labute approximate surface area is 127 Å².